The van der Waals surface area contributed by atoms with Gasteiger partial charge in [-0.1, -0.05) is 19.9 Å². The second-order valence-corrected chi connectivity index (χ2v) is 5.28. The van der Waals surface area contributed by atoms with Crippen LogP contribution in [0.3, 0.4) is 0 Å². The average Bonchev–Trinajstić information content (AvgIpc) is 2.35. The van der Waals surface area contributed by atoms with Gasteiger partial charge in [-0.15, -0.1) is 0 Å². The summed E-state index contributed by atoms with van der Waals surface area (Å²) >= 11 is 0. The van der Waals surface area contributed by atoms with Crippen LogP contribution in [0.15, 0.2) is 12.2 Å². The van der Waals surface area contributed by atoms with Crippen molar-refractivity contribution in [3.8, 4) is 6.07 Å². The molecule has 0 aromatic rings. The Balaban J connectivity index is 2.85. The number of carbonyl (C=O) groups is 1. The van der Waals surface area contributed by atoms with Crippen LogP contribution in [0.1, 0.15) is 39.0 Å². The number of Topliss-reactive ketones (excluding diaryl/α,β-unsaturated/α-hetero) is 1. The summed E-state index contributed by atoms with van der Waals surface area (Å²) in [6, 6.07) is 2.81. The molecule has 19 heavy (non-hydrogen) atoms. The van der Waals surface area contributed by atoms with Gasteiger partial charge in [-0.25, -0.2) is 0 Å². The van der Waals surface area contributed by atoms with Gasteiger partial charge in [0.05, 0.1) is 12.3 Å². The summed E-state index contributed by atoms with van der Waals surface area (Å²) in [7, 11) is 2.07. The number of nitrogens with zero attached hydrogens (tertiary/aromatic N) is 2. The molecular weight excluding hydrogens is 238 g/mol. The summed E-state index contributed by atoms with van der Waals surface area (Å²) in [6.07, 6.45) is 5.58. The molecule has 0 bridgehead atoms. The molecule has 0 saturated heterocycles. The minimum atomic E-state index is -0.234. The van der Waals surface area contributed by atoms with Crippen molar-refractivity contribution in [2.75, 3.05) is 7.05 Å². The molecule has 0 aromatic heterocycles. The summed E-state index contributed by atoms with van der Waals surface area (Å²) < 4.78 is 0. The molecule has 104 valence electrons. The highest BCUT2D eigenvalue weighted by molar-refractivity contribution is 6.26. The smallest absolute Gasteiger partial charge is 0.173 e. The largest absolute Gasteiger partial charge is 0.305 e. The van der Waals surface area contributed by atoms with Crippen LogP contribution in [0.25, 0.3) is 0 Å². The number of hydrogen-bond donors (Lipinski definition) is 1. The van der Waals surface area contributed by atoms with Crippen molar-refractivity contribution in [1.82, 2.24) is 4.90 Å². The Bertz CT molecular complexity index is 393. The Morgan fingerprint density at radius 3 is 2.63 bits per heavy atom. The molecule has 0 aromatic carbocycles. The maximum absolute atomic E-state index is 11.5. The fourth-order valence-corrected chi connectivity index (χ4v) is 2.77. The van der Waals surface area contributed by atoms with E-state index < -0.39 is 0 Å². The van der Waals surface area contributed by atoms with Gasteiger partial charge in [0, 0.05) is 30.0 Å². The summed E-state index contributed by atoms with van der Waals surface area (Å²) in [6.45, 7) is 5.88. The van der Waals surface area contributed by atoms with Crippen LogP contribution < -0.4 is 0 Å². The molecule has 1 rings (SSSR count). The summed E-state index contributed by atoms with van der Waals surface area (Å²) in [5.74, 6) is -0.406. The molecule has 0 aliphatic heterocycles. The van der Waals surface area contributed by atoms with Crippen LogP contribution in [0.2, 0.25) is 0 Å². The van der Waals surface area contributed by atoms with Gasteiger partial charge in [-0.2, -0.15) is 5.26 Å². The molecule has 0 radical (unpaired) electrons. The zero-order chi connectivity index (χ0) is 14.4. The van der Waals surface area contributed by atoms with E-state index in [-0.39, 0.29) is 24.2 Å². The van der Waals surface area contributed by atoms with E-state index in [0.29, 0.717) is 11.6 Å². The molecule has 4 heteroatoms. The van der Waals surface area contributed by atoms with Crippen LogP contribution in [0.4, 0.5) is 0 Å². The summed E-state index contributed by atoms with van der Waals surface area (Å²) in [5, 5.41) is 16.1. The molecule has 0 amide bonds. The first-order valence-electron chi connectivity index (χ1n) is 6.89. The Kier molecular flexibility index (Phi) is 5.91. The van der Waals surface area contributed by atoms with Gasteiger partial charge in [0.15, 0.2) is 5.78 Å². The van der Waals surface area contributed by atoms with Crippen LogP contribution in [-0.2, 0) is 4.79 Å². The fraction of sp³-hybridized carbons (Fsp3) is 0.667. The van der Waals surface area contributed by atoms with Gasteiger partial charge < -0.3 is 5.41 Å². The number of carbonyl (C=O) groups excluding carboxylic acids is 1. The highest BCUT2D eigenvalue weighted by Crippen LogP contribution is 2.31. The van der Waals surface area contributed by atoms with Gasteiger partial charge in [-0.05, 0) is 26.3 Å². The quantitative estimate of drug-likeness (QED) is 0.539. The first kappa shape index (κ1) is 15.6. The van der Waals surface area contributed by atoms with Crippen molar-refractivity contribution in [2.45, 2.75) is 51.1 Å². The molecule has 2 unspecified atom stereocenters. The van der Waals surface area contributed by atoms with E-state index in [1.54, 1.807) is 0 Å². The van der Waals surface area contributed by atoms with Crippen LogP contribution >= 0.6 is 0 Å². The normalized spacial score (nSPS) is 18.2. The lowest BCUT2D eigenvalue weighted by atomic mass is 9.82. The van der Waals surface area contributed by atoms with E-state index in [0.717, 1.165) is 12.6 Å². The molecule has 1 aliphatic carbocycles. The third-order valence-electron chi connectivity index (χ3n) is 4.23. The number of nitrogens with one attached hydrogen (secondary N) is 1. The molecule has 1 N–H and O–H groups in total. The lowest BCUT2D eigenvalue weighted by molar-refractivity contribution is -0.113. The standard InChI is InChI=1S/C15H23N3O/c1-4-15(18(3)12-6-5-7-12)14(11(2)9-16)8-13(19)10-17/h10,12,14-15,17H,2,4-8H2,1,3H3. The molecular formula is C15H23N3O. The van der Waals surface area contributed by atoms with E-state index in [4.69, 9.17) is 10.7 Å². The first-order valence-corrected chi connectivity index (χ1v) is 6.89. The van der Waals surface area contributed by atoms with Gasteiger partial charge in [0.1, 0.15) is 0 Å². The lowest BCUT2D eigenvalue weighted by Gasteiger charge is -2.42. The maximum atomic E-state index is 11.5. The highest BCUT2D eigenvalue weighted by atomic mass is 16.1. The number of hydrogen-bond acceptors (Lipinski definition) is 4. The Hall–Kier alpha value is -1.47. The number of nitriles is 1. The minimum absolute atomic E-state index is 0.154. The van der Waals surface area contributed by atoms with Gasteiger partial charge in [-0.3, -0.25) is 9.69 Å². The van der Waals surface area contributed by atoms with Gasteiger partial charge in [0.2, 0.25) is 0 Å². The Morgan fingerprint density at radius 1 is 1.63 bits per heavy atom. The number of rotatable bonds is 8. The zero-order valence-corrected chi connectivity index (χ0v) is 11.9. The predicted octanol–water partition coefficient (Wildman–Crippen LogP) is 2.55. The van der Waals surface area contributed by atoms with Crippen molar-refractivity contribution in [1.29, 1.82) is 10.7 Å². The van der Waals surface area contributed by atoms with E-state index in [1.165, 1.54) is 19.3 Å². The third kappa shape index (κ3) is 3.74. The van der Waals surface area contributed by atoms with Crippen LogP contribution in [0.5, 0.6) is 0 Å². The molecule has 1 fully saturated rings. The first-order chi connectivity index (χ1) is 9.04. The maximum Gasteiger partial charge on any atom is 0.173 e. The van der Waals surface area contributed by atoms with E-state index in [1.807, 2.05) is 0 Å². The highest BCUT2D eigenvalue weighted by Gasteiger charge is 2.33. The molecule has 0 spiro atoms. The van der Waals surface area contributed by atoms with E-state index in [2.05, 4.69) is 31.5 Å². The SMILES string of the molecule is C=C(C#N)C(CC(=O)C=N)C(CC)N(C)C1CCC1. The Morgan fingerprint density at radius 2 is 2.26 bits per heavy atom. The van der Waals surface area contributed by atoms with Crippen molar-refractivity contribution in [3.63, 3.8) is 0 Å². The second-order valence-electron chi connectivity index (χ2n) is 5.28. The van der Waals surface area contributed by atoms with E-state index >= 15 is 0 Å². The predicted molar refractivity (Wildman–Crippen MR) is 76.1 cm³/mol. The zero-order valence-electron chi connectivity index (χ0n) is 11.9. The minimum Gasteiger partial charge on any atom is -0.305 e. The lowest BCUT2D eigenvalue weighted by Crippen LogP contribution is -2.47. The van der Waals surface area contributed by atoms with Gasteiger partial charge in [0.25, 0.3) is 0 Å². The fourth-order valence-electron chi connectivity index (χ4n) is 2.77. The summed E-state index contributed by atoms with van der Waals surface area (Å²) in [5.41, 5.74) is 0.452. The molecule has 2 atom stereocenters. The van der Waals surface area contributed by atoms with Crippen molar-refractivity contribution >= 4 is 12.0 Å². The van der Waals surface area contributed by atoms with Gasteiger partial charge >= 0.3 is 0 Å². The van der Waals surface area contributed by atoms with Crippen molar-refractivity contribution in [2.24, 2.45) is 5.92 Å². The second kappa shape index (κ2) is 7.20. The molecule has 1 saturated carbocycles. The molecule has 1 aliphatic rings. The third-order valence-corrected chi connectivity index (χ3v) is 4.23. The molecule has 0 heterocycles. The number of ketones is 1. The summed E-state index contributed by atoms with van der Waals surface area (Å²) in [4.78, 5) is 13.8. The topological polar surface area (TPSA) is 68.0 Å². The van der Waals surface area contributed by atoms with Crippen molar-refractivity contribution < 1.29 is 4.79 Å². The van der Waals surface area contributed by atoms with Crippen LogP contribution in [0, 0.1) is 22.7 Å². The van der Waals surface area contributed by atoms with E-state index in [9.17, 15) is 4.79 Å². The monoisotopic (exact) mass is 261 g/mol. The molecule has 4 nitrogen and oxygen atoms in total. The van der Waals surface area contributed by atoms with Crippen molar-refractivity contribution in [3.05, 3.63) is 12.2 Å². The average molecular weight is 261 g/mol. The van der Waals surface area contributed by atoms with Crippen LogP contribution in [-0.4, -0.2) is 36.0 Å². The Labute approximate surface area is 115 Å².